The molecule has 0 aromatic heterocycles. The van der Waals surface area contributed by atoms with Gasteiger partial charge in [0.15, 0.2) is 6.10 Å². The third kappa shape index (κ3) is 5.13. The molecule has 2 aromatic carbocycles. The number of amides is 2. The van der Waals surface area contributed by atoms with Gasteiger partial charge in [-0.1, -0.05) is 30.3 Å². The lowest BCUT2D eigenvalue weighted by Crippen LogP contribution is -2.43. The van der Waals surface area contributed by atoms with Gasteiger partial charge in [0.1, 0.15) is 12.3 Å². The highest BCUT2D eigenvalue weighted by molar-refractivity contribution is 5.96. The van der Waals surface area contributed by atoms with Gasteiger partial charge in [-0.05, 0) is 42.7 Å². The number of carbonyl (C=O) groups is 3. The number of benzene rings is 2. The molecule has 0 aliphatic carbocycles. The van der Waals surface area contributed by atoms with Crippen LogP contribution in [-0.4, -0.2) is 49.0 Å². The zero-order valence-electron chi connectivity index (χ0n) is 16.5. The molecule has 0 fully saturated rings. The largest absolute Gasteiger partial charge is 0.497 e. The van der Waals surface area contributed by atoms with Gasteiger partial charge in [0.2, 0.25) is 0 Å². The van der Waals surface area contributed by atoms with Crippen LogP contribution in [0.15, 0.2) is 48.5 Å². The Kier molecular flexibility index (Phi) is 6.49. The summed E-state index contributed by atoms with van der Waals surface area (Å²) in [7, 11) is 1.51. The molecule has 1 atom stereocenters. The Morgan fingerprint density at radius 2 is 1.86 bits per heavy atom. The van der Waals surface area contributed by atoms with Crippen LogP contribution < -0.4 is 10.1 Å². The average molecular weight is 396 g/mol. The predicted molar refractivity (Wildman–Crippen MR) is 106 cm³/mol. The molecule has 1 aliphatic rings. The van der Waals surface area contributed by atoms with Gasteiger partial charge in [-0.25, -0.2) is 0 Å². The molecular weight excluding hydrogens is 372 g/mol. The molecule has 0 saturated heterocycles. The van der Waals surface area contributed by atoms with Gasteiger partial charge in [0, 0.05) is 18.7 Å². The van der Waals surface area contributed by atoms with Crippen molar-refractivity contribution in [3.63, 3.8) is 0 Å². The minimum absolute atomic E-state index is 0.244. The minimum Gasteiger partial charge on any atom is -0.497 e. The summed E-state index contributed by atoms with van der Waals surface area (Å²) in [5.41, 5.74) is 2.71. The Bertz CT molecular complexity index is 912. The van der Waals surface area contributed by atoms with Crippen LogP contribution in [0.3, 0.4) is 0 Å². The number of esters is 1. The summed E-state index contributed by atoms with van der Waals surface area (Å²) in [5.74, 6) is -0.790. The van der Waals surface area contributed by atoms with Crippen LogP contribution in [0.1, 0.15) is 28.4 Å². The number of hydrogen-bond donors (Lipinski definition) is 1. The Labute approximate surface area is 169 Å². The van der Waals surface area contributed by atoms with Gasteiger partial charge >= 0.3 is 5.97 Å². The predicted octanol–water partition coefficient (Wildman–Crippen LogP) is 1.94. The summed E-state index contributed by atoms with van der Waals surface area (Å²) in [6.45, 7) is 2.31. The maximum atomic E-state index is 12.6. The topological polar surface area (TPSA) is 84.9 Å². The lowest BCUT2D eigenvalue weighted by molar-refractivity contribution is -0.158. The highest BCUT2D eigenvalue weighted by Gasteiger charge is 2.27. The number of carbonyl (C=O) groups excluding carboxylic acids is 3. The first-order valence-corrected chi connectivity index (χ1v) is 9.45. The van der Waals surface area contributed by atoms with Crippen LogP contribution in [0.2, 0.25) is 0 Å². The van der Waals surface area contributed by atoms with E-state index < -0.39 is 18.0 Å². The highest BCUT2D eigenvalue weighted by Crippen LogP contribution is 2.19. The van der Waals surface area contributed by atoms with Crippen LogP contribution in [0.5, 0.6) is 5.75 Å². The Balaban J connectivity index is 1.48. The molecule has 1 aliphatic heterocycles. The van der Waals surface area contributed by atoms with Crippen LogP contribution >= 0.6 is 0 Å². The summed E-state index contributed by atoms with van der Waals surface area (Å²) in [4.78, 5) is 38.5. The Morgan fingerprint density at radius 1 is 1.10 bits per heavy atom. The Hall–Kier alpha value is -3.35. The number of nitrogens with zero attached hydrogens (tertiary/aromatic N) is 1. The minimum atomic E-state index is -0.915. The molecule has 0 bridgehead atoms. The average Bonchev–Trinajstić information content (AvgIpc) is 2.76. The molecule has 2 amide bonds. The second-order valence-corrected chi connectivity index (χ2v) is 6.83. The summed E-state index contributed by atoms with van der Waals surface area (Å²) in [6.07, 6.45) is -0.138. The van der Waals surface area contributed by atoms with Crippen molar-refractivity contribution in [1.82, 2.24) is 10.2 Å². The second-order valence-electron chi connectivity index (χ2n) is 6.83. The zero-order chi connectivity index (χ0) is 20.8. The van der Waals surface area contributed by atoms with E-state index in [4.69, 9.17) is 9.47 Å². The van der Waals surface area contributed by atoms with Gasteiger partial charge in [0.25, 0.3) is 11.8 Å². The van der Waals surface area contributed by atoms with Crippen molar-refractivity contribution >= 4 is 17.8 Å². The number of rotatable bonds is 6. The van der Waals surface area contributed by atoms with E-state index in [-0.39, 0.29) is 12.5 Å². The van der Waals surface area contributed by atoms with E-state index in [1.54, 1.807) is 36.1 Å². The molecule has 0 radical (unpaired) electrons. The van der Waals surface area contributed by atoms with Gasteiger partial charge in [-0.2, -0.15) is 0 Å². The van der Waals surface area contributed by atoms with E-state index in [1.165, 1.54) is 12.7 Å². The highest BCUT2D eigenvalue weighted by atomic mass is 16.5. The van der Waals surface area contributed by atoms with E-state index in [0.717, 1.165) is 12.0 Å². The first-order chi connectivity index (χ1) is 14.0. The van der Waals surface area contributed by atoms with Crippen LogP contribution in [0.4, 0.5) is 0 Å². The van der Waals surface area contributed by atoms with Crippen LogP contribution in [0.25, 0.3) is 0 Å². The van der Waals surface area contributed by atoms with E-state index in [9.17, 15) is 14.4 Å². The quantitative estimate of drug-likeness (QED) is 0.755. The van der Waals surface area contributed by atoms with Crippen molar-refractivity contribution < 1.29 is 23.9 Å². The van der Waals surface area contributed by atoms with Crippen molar-refractivity contribution in [2.45, 2.75) is 26.0 Å². The van der Waals surface area contributed by atoms with Crippen LogP contribution in [-0.2, 0) is 27.3 Å². The number of nitrogens with one attached hydrogen (secondary N) is 1. The lowest BCUT2D eigenvalue weighted by atomic mass is 9.99. The van der Waals surface area contributed by atoms with Crippen molar-refractivity contribution in [1.29, 1.82) is 0 Å². The fourth-order valence-electron chi connectivity index (χ4n) is 3.25. The van der Waals surface area contributed by atoms with Gasteiger partial charge in [-0.3, -0.25) is 14.4 Å². The van der Waals surface area contributed by atoms with E-state index in [2.05, 4.69) is 11.4 Å². The summed E-state index contributed by atoms with van der Waals surface area (Å²) < 4.78 is 10.3. The van der Waals surface area contributed by atoms with Gasteiger partial charge in [0.05, 0.1) is 7.11 Å². The third-order valence-electron chi connectivity index (χ3n) is 4.82. The third-order valence-corrected chi connectivity index (χ3v) is 4.82. The van der Waals surface area contributed by atoms with Crippen molar-refractivity contribution in [3.8, 4) is 5.75 Å². The van der Waals surface area contributed by atoms with Crippen molar-refractivity contribution in [2.75, 3.05) is 20.2 Å². The molecule has 1 N–H and O–H groups in total. The first kappa shape index (κ1) is 20.4. The zero-order valence-corrected chi connectivity index (χ0v) is 16.5. The monoisotopic (exact) mass is 396 g/mol. The fraction of sp³-hybridized carbons (Fsp3) is 0.318. The maximum absolute atomic E-state index is 12.6. The van der Waals surface area contributed by atoms with Crippen molar-refractivity contribution in [3.05, 3.63) is 65.2 Å². The molecule has 7 heteroatoms. The van der Waals surface area contributed by atoms with Crippen LogP contribution in [0, 0.1) is 0 Å². The van der Waals surface area contributed by atoms with Gasteiger partial charge in [-0.15, -0.1) is 0 Å². The molecule has 2 aromatic rings. The number of methoxy groups -OCH3 is 1. The normalized spacial score (nSPS) is 13.8. The summed E-state index contributed by atoms with van der Waals surface area (Å²) in [6, 6.07) is 14.6. The molecule has 7 nitrogen and oxygen atoms in total. The van der Waals surface area contributed by atoms with E-state index in [0.29, 0.717) is 24.4 Å². The molecular formula is C22H24N2O5. The number of fused-ring (bicyclic) bond motifs is 1. The molecule has 152 valence electrons. The maximum Gasteiger partial charge on any atom is 0.326 e. The van der Waals surface area contributed by atoms with Crippen molar-refractivity contribution in [2.24, 2.45) is 0 Å². The molecule has 1 heterocycles. The summed E-state index contributed by atoms with van der Waals surface area (Å²) in [5, 5.41) is 2.49. The van der Waals surface area contributed by atoms with E-state index >= 15 is 0 Å². The second kappa shape index (κ2) is 9.23. The molecule has 29 heavy (non-hydrogen) atoms. The van der Waals surface area contributed by atoms with E-state index in [1.807, 2.05) is 18.2 Å². The lowest BCUT2D eigenvalue weighted by Gasteiger charge is -2.30. The standard InChI is InChI=1S/C22H24N2O5/c1-15(22(27)24-11-10-16-6-3-4-7-18(16)14-24)29-20(25)13-23-21(26)17-8-5-9-19(12-17)28-2/h3-9,12,15H,10-11,13-14H2,1-2H3,(H,23,26)/t15-/m0/s1. The summed E-state index contributed by atoms with van der Waals surface area (Å²) >= 11 is 0. The molecule has 0 spiro atoms. The SMILES string of the molecule is COc1cccc(C(=O)NCC(=O)O[C@@H](C)C(=O)N2CCc3ccccc3C2)c1. The Morgan fingerprint density at radius 3 is 2.62 bits per heavy atom. The number of ether oxygens (including phenoxy) is 2. The fourth-order valence-corrected chi connectivity index (χ4v) is 3.25. The first-order valence-electron chi connectivity index (χ1n) is 9.45. The smallest absolute Gasteiger partial charge is 0.326 e. The number of hydrogen-bond acceptors (Lipinski definition) is 5. The molecule has 3 rings (SSSR count). The van der Waals surface area contributed by atoms with Gasteiger partial charge < -0.3 is 19.7 Å². The molecule has 0 unspecified atom stereocenters. The molecule has 0 saturated carbocycles.